The van der Waals surface area contributed by atoms with E-state index in [0.29, 0.717) is 32.8 Å². The summed E-state index contributed by atoms with van der Waals surface area (Å²) in [5.41, 5.74) is 0.699. The topological polar surface area (TPSA) is 66.9 Å². The van der Waals surface area contributed by atoms with Crippen LogP contribution in [0.5, 0.6) is 0 Å². The van der Waals surface area contributed by atoms with Crippen LogP contribution in [0.25, 0.3) is 0 Å². The van der Waals surface area contributed by atoms with Crippen LogP contribution in [0.15, 0.2) is 16.8 Å². The van der Waals surface area contributed by atoms with Gasteiger partial charge in [-0.2, -0.15) is 11.3 Å². The van der Waals surface area contributed by atoms with E-state index in [1.807, 2.05) is 21.7 Å². The van der Waals surface area contributed by atoms with E-state index in [1.54, 1.807) is 11.4 Å². The van der Waals surface area contributed by atoms with Crippen molar-refractivity contribution in [2.45, 2.75) is 12.8 Å². The Labute approximate surface area is 147 Å². The van der Waals surface area contributed by atoms with Gasteiger partial charge in [0.05, 0.1) is 18.4 Å². The number of sulfonamides is 1. The van der Waals surface area contributed by atoms with Crippen LogP contribution in [-0.4, -0.2) is 69.7 Å². The number of ether oxygens (including phenoxy) is 1. The van der Waals surface area contributed by atoms with Crippen molar-refractivity contribution in [2.24, 2.45) is 11.3 Å². The molecule has 2 aliphatic rings. The van der Waals surface area contributed by atoms with Crippen LogP contribution in [0.3, 0.4) is 0 Å². The Morgan fingerprint density at radius 2 is 2.12 bits per heavy atom. The molecule has 0 N–H and O–H groups in total. The lowest BCUT2D eigenvalue weighted by Crippen LogP contribution is -2.47. The van der Waals surface area contributed by atoms with Crippen LogP contribution < -0.4 is 0 Å². The summed E-state index contributed by atoms with van der Waals surface area (Å²) in [4.78, 5) is 14.6. The van der Waals surface area contributed by atoms with Gasteiger partial charge in [0.15, 0.2) is 0 Å². The number of carbonyl (C=O) groups is 1. The molecule has 1 aromatic heterocycles. The average Bonchev–Trinajstić information content (AvgIpc) is 3.16. The first-order valence-electron chi connectivity index (χ1n) is 8.11. The molecule has 1 amide bonds. The lowest BCUT2D eigenvalue weighted by Gasteiger charge is -2.41. The fourth-order valence-corrected chi connectivity index (χ4v) is 5.49. The molecule has 134 valence electrons. The number of nitrogens with zero attached hydrogens (tertiary/aromatic N) is 2. The third-order valence-electron chi connectivity index (χ3n) is 5.42. The Morgan fingerprint density at radius 3 is 2.67 bits per heavy atom. The van der Waals surface area contributed by atoms with Gasteiger partial charge in [0.25, 0.3) is 5.91 Å². The maximum Gasteiger partial charge on any atom is 0.254 e. The molecule has 1 unspecified atom stereocenters. The number of thiophene rings is 1. The zero-order valence-electron chi connectivity index (χ0n) is 14.1. The Bertz CT molecular complexity index is 679. The second-order valence-electron chi connectivity index (χ2n) is 6.87. The standard InChI is InChI=1S/C16H24N2O4S2/c1-22-10-14-9-17(15(19)13-3-8-23-11-13)12-16(14)4-6-18(7-5-16)24(2,20)21/h3,8,11,14H,4-7,9-10,12H2,1-2H3. The molecule has 1 atom stereocenters. The smallest absolute Gasteiger partial charge is 0.254 e. The molecule has 2 fully saturated rings. The summed E-state index contributed by atoms with van der Waals surface area (Å²) >= 11 is 1.52. The van der Waals surface area contributed by atoms with E-state index in [9.17, 15) is 13.2 Å². The van der Waals surface area contributed by atoms with Crippen molar-refractivity contribution in [1.29, 1.82) is 0 Å². The van der Waals surface area contributed by atoms with Crippen LogP contribution in [-0.2, 0) is 14.8 Å². The molecule has 6 nitrogen and oxygen atoms in total. The number of amides is 1. The normalized spacial score (nSPS) is 24.6. The lowest BCUT2D eigenvalue weighted by molar-refractivity contribution is 0.0561. The van der Waals surface area contributed by atoms with Crippen molar-refractivity contribution >= 4 is 27.3 Å². The van der Waals surface area contributed by atoms with E-state index in [1.165, 1.54) is 17.6 Å². The first-order chi connectivity index (χ1) is 11.4. The number of carbonyl (C=O) groups excluding carboxylic acids is 1. The minimum Gasteiger partial charge on any atom is -0.384 e. The van der Waals surface area contributed by atoms with Crippen LogP contribution >= 0.6 is 11.3 Å². The van der Waals surface area contributed by atoms with Crippen LogP contribution in [0.1, 0.15) is 23.2 Å². The highest BCUT2D eigenvalue weighted by Gasteiger charge is 2.50. The molecule has 0 saturated carbocycles. The van der Waals surface area contributed by atoms with Gasteiger partial charge in [-0.25, -0.2) is 12.7 Å². The zero-order chi connectivity index (χ0) is 17.4. The molecular formula is C16H24N2O4S2. The van der Waals surface area contributed by atoms with E-state index < -0.39 is 10.0 Å². The molecule has 0 bridgehead atoms. The average molecular weight is 373 g/mol. The van der Waals surface area contributed by atoms with E-state index in [0.717, 1.165) is 18.4 Å². The summed E-state index contributed by atoms with van der Waals surface area (Å²) in [5.74, 6) is 0.326. The van der Waals surface area contributed by atoms with Gasteiger partial charge >= 0.3 is 0 Å². The Hall–Kier alpha value is -0.960. The van der Waals surface area contributed by atoms with E-state index in [4.69, 9.17) is 4.74 Å². The predicted molar refractivity (Wildman–Crippen MR) is 93.7 cm³/mol. The predicted octanol–water partition coefficient (Wildman–Crippen LogP) is 1.51. The second-order valence-corrected chi connectivity index (χ2v) is 9.64. The fourth-order valence-electron chi connectivity index (χ4n) is 4.02. The maximum absolute atomic E-state index is 12.7. The summed E-state index contributed by atoms with van der Waals surface area (Å²) in [6.07, 6.45) is 2.82. The van der Waals surface area contributed by atoms with Crippen LogP contribution in [0, 0.1) is 11.3 Å². The molecule has 2 aliphatic heterocycles. The molecule has 3 rings (SSSR count). The van der Waals surface area contributed by atoms with Gasteiger partial charge in [0.1, 0.15) is 0 Å². The van der Waals surface area contributed by atoms with Crippen molar-refractivity contribution in [3.8, 4) is 0 Å². The Kier molecular flexibility index (Phi) is 5.01. The molecule has 24 heavy (non-hydrogen) atoms. The molecule has 1 spiro atoms. The molecular weight excluding hydrogens is 348 g/mol. The van der Waals surface area contributed by atoms with Gasteiger partial charge in [-0.3, -0.25) is 4.79 Å². The third-order valence-corrected chi connectivity index (χ3v) is 7.41. The summed E-state index contributed by atoms with van der Waals surface area (Å²) < 4.78 is 30.5. The van der Waals surface area contributed by atoms with Gasteiger partial charge in [0, 0.05) is 44.6 Å². The molecule has 3 heterocycles. The highest BCUT2D eigenvalue weighted by Crippen LogP contribution is 2.45. The largest absolute Gasteiger partial charge is 0.384 e. The Morgan fingerprint density at radius 1 is 1.42 bits per heavy atom. The second kappa shape index (κ2) is 6.74. The van der Waals surface area contributed by atoms with Gasteiger partial charge in [-0.15, -0.1) is 0 Å². The number of hydrogen-bond acceptors (Lipinski definition) is 5. The van der Waals surface area contributed by atoms with Crippen molar-refractivity contribution < 1.29 is 17.9 Å². The van der Waals surface area contributed by atoms with Crippen molar-refractivity contribution in [1.82, 2.24) is 9.21 Å². The number of methoxy groups -OCH3 is 1. The first kappa shape index (κ1) is 17.8. The van der Waals surface area contributed by atoms with Crippen molar-refractivity contribution in [3.05, 3.63) is 22.4 Å². The zero-order valence-corrected chi connectivity index (χ0v) is 15.7. The van der Waals surface area contributed by atoms with Crippen molar-refractivity contribution in [2.75, 3.05) is 46.2 Å². The van der Waals surface area contributed by atoms with E-state index in [-0.39, 0.29) is 17.2 Å². The van der Waals surface area contributed by atoms with Gasteiger partial charge in [-0.05, 0) is 29.7 Å². The van der Waals surface area contributed by atoms with Gasteiger partial charge < -0.3 is 9.64 Å². The summed E-state index contributed by atoms with van der Waals surface area (Å²) in [7, 11) is -1.46. The van der Waals surface area contributed by atoms with Crippen molar-refractivity contribution in [3.63, 3.8) is 0 Å². The van der Waals surface area contributed by atoms with Gasteiger partial charge in [-0.1, -0.05) is 0 Å². The molecule has 8 heteroatoms. The van der Waals surface area contributed by atoms with E-state index >= 15 is 0 Å². The molecule has 1 aromatic rings. The molecule has 0 aromatic carbocycles. The van der Waals surface area contributed by atoms with Crippen LogP contribution in [0.4, 0.5) is 0 Å². The minimum atomic E-state index is -3.14. The summed E-state index contributed by atoms with van der Waals surface area (Å²) in [6, 6.07) is 1.86. The molecule has 0 aliphatic carbocycles. The number of likely N-dealkylation sites (tertiary alicyclic amines) is 1. The third kappa shape index (κ3) is 3.37. The quantitative estimate of drug-likeness (QED) is 0.803. The summed E-state index contributed by atoms with van der Waals surface area (Å²) in [5, 5.41) is 3.79. The minimum absolute atomic E-state index is 0.0388. The first-order valence-corrected chi connectivity index (χ1v) is 10.9. The maximum atomic E-state index is 12.7. The summed E-state index contributed by atoms with van der Waals surface area (Å²) in [6.45, 7) is 3.03. The highest BCUT2D eigenvalue weighted by molar-refractivity contribution is 7.88. The van der Waals surface area contributed by atoms with E-state index in [2.05, 4.69) is 0 Å². The number of rotatable bonds is 4. The SMILES string of the molecule is COCC1CN(C(=O)c2ccsc2)CC12CCN(S(C)(=O)=O)CC2. The monoisotopic (exact) mass is 372 g/mol. The highest BCUT2D eigenvalue weighted by atomic mass is 32.2. The lowest BCUT2D eigenvalue weighted by atomic mass is 9.71. The molecule has 0 radical (unpaired) electrons. The number of hydrogen-bond donors (Lipinski definition) is 0. The van der Waals surface area contributed by atoms with Gasteiger partial charge in [0.2, 0.25) is 10.0 Å². The fraction of sp³-hybridized carbons (Fsp3) is 0.688. The molecule has 2 saturated heterocycles. The Balaban J connectivity index is 1.76. The number of piperidine rings is 1. The van der Waals surface area contributed by atoms with Crippen LogP contribution in [0.2, 0.25) is 0 Å².